The van der Waals surface area contributed by atoms with Crippen molar-refractivity contribution in [1.29, 1.82) is 0 Å². The van der Waals surface area contributed by atoms with Crippen LogP contribution in [-0.4, -0.2) is 28.4 Å². The molecule has 1 aliphatic carbocycles. The summed E-state index contributed by atoms with van der Waals surface area (Å²) >= 11 is 1.27. The van der Waals surface area contributed by atoms with E-state index in [9.17, 15) is 4.79 Å². The maximum Gasteiger partial charge on any atom is 0.277 e. The number of amides is 1. The van der Waals surface area contributed by atoms with Crippen LogP contribution in [-0.2, 0) is 4.79 Å². The molecule has 26 heavy (non-hydrogen) atoms. The summed E-state index contributed by atoms with van der Waals surface area (Å²) in [6.07, 6.45) is 8.19. The molecule has 1 N–H and O–H groups in total. The van der Waals surface area contributed by atoms with Crippen LogP contribution in [0.15, 0.2) is 39.5 Å². The van der Waals surface area contributed by atoms with Gasteiger partial charge in [0.05, 0.1) is 5.75 Å². The lowest BCUT2D eigenvalue weighted by Crippen LogP contribution is -2.26. The second kappa shape index (κ2) is 9.03. The normalized spacial score (nSPS) is 14.2. The molecule has 0 atom stereocenters. The lowest BCUT2D eigenvalue weighted by atomic mass is 9.97. The van der Waals surface area contributed by atoms with Crippen molar-refractivity contribution >= 4 is 17.7 Å². The molecule has 1 aromatic heterocycles. The summed E-state index contributed by atoms with van der Waals surface area (Å²) in [6, 6.07) is 6.13. The zero-order chi connectivity index (χ0) is 18.4. The molecule has 1 aliphatic rings. The van der Waals surface area contributed by atoms with E-state index in [1.165, 1.54) is 43.0 Å². The van der Waals surface area contributed by atoms with Gasteiger partial charge in [-0.15, -0.1) is 10.2 Å². The molecule has 0 aliphatic heterocycles. The molecule has 3 rings (SSSR count). The Balaban J connectivity index is 1.45. The Morgan fingerprint density at radius 3 is 2.73 bits per heavy atom. The van der Waals surface area contributed by atoms with Gasteiger partial charge < -0.3 is 9.73 Å². The largest absolute Gasteiger partial charge is 0.411 e. The van der Waals surface area contributed by atoms with Gasteiger partial charge in [0.2, 0.25) is 11.8 Å². The average molecular weight is 372 g/mol. The Morgan fingerprint density at radius 1 is 1.19 bits per heavy atom. The van der Waals surface area contributed by atoms with Gasteiger partial charge in [-0.05, 0) is 58.1 Å². The molecule has 0 saturated heterocycles. The van der Waals surface area contributed by atoms with Crippen molar-refractivity contribution in [2.24, 2.45) is 0 Å². The van der Waals surface area contributed by atoms with Crippen LogP contribution in [0.3, 0.4) is 0 Å². The summed E-state index contributed by atoms with van der Waals surface area (Å²) < 4.78 is 5.68. The van der Waals surface area contributed by atoms with Crippen LogP contribution in [0, 0.1) is 13.8 Å². The molecule has 0 saturated carbocycles. The van der Waals surface area contributed by atoms with Crippen LogP contribution in [0.1, 0.15) is 43.2 Å². The van der Waals surface area contributed by atoms with Gasteiger partial charge in [-0.2, -0.15) is 0 Å². The van der Waals surface area contributed by atoms with Crippen molar-refractivity contribution in [2.45, 2.75) is 51.2 Å². The van der Waals surface area contributed by atoms with Gasteiger partial charge in [-0.25, -0.2) is 0 Å². The van der Waals surface area contributed by atoms with Crippen LogP contribution in [0.5, 0.6) is 0 Å². The highest BCUT2D eigenvalue weighted by Gasteiger charge is 2.12. The molecule has 1 amide bonds. The predicted octanol–water partition coefficient (Wildman–Crippen LogP) is 4.45. The zero-order valence-electron chi connectivity index (χ0n) is 15.4. The number of benzene rings is 1. The van der Waals surface area contributed by atoms with Crippen molar-refractivity contribution in [2.75, 3.05) is 12.3 Å². The van der Waals surface area contributed by atoms with Gasteiger partial charge in [-0.1, -0.05) is 40.6 Å². The second-order valence-corrected chi connectivity index (χ2v) is 7.67. The molecule has 0 unspecified atom stereocenters. The van der Waals surface area contributed by atoms with Gasteiger partial charge in [0.25, 0.3) is 5.22 Å². The van der Waals surface area contributed by atoms with E-state index in [1.807, 2.05) is 26.0 Å². The Hall–Kier alpha value is -2.08. The fourth-order valence-corrected chi connectivity index (χ4v) is 3.75. The number of aryl methyl sites for hydroxylation is 2. The van der Waals surface area contributed by atoms with Gasteiger partial charge in [-0.3, -0.25) is 4.79 Å². The fraction of sp³-hybridized carbons (Fsp3) is 0.450. The number of thioether (sulfide) groups is 1. The van der Waals surface area contributed by atoms with Gasteiger partial charge in [0.15, 0.2) is 0 Å². The van der Waals surface area contributed by atoms with Crippen molar-refractivity contribution < 1.29 is 9.21 Å². The minimum absolute atomic E-state index is 0.00226. The van der Waals surface area contributed by atoms with E-state index in [0.717, 1.165) is 23.1 Å². The summed E-state index contributed by atoms with van der Waals surface area (Å²) in [5.74, 6) is 0.773. The number of nitrogens with one attached hydrogen (secondary N) is 1. The Morgan fingerprint density at radius 2 is 2.00 bits per heavy atom. The summed E-state index contributed by atoms with van der Waals surface area (Å²) in [5, 5.41) is 11.5. The molecule has 0 fully saturated rings. The van der Waals surface area contributed by atoms with E-state index in [4.69, 9.17) is 4.42 Å². The van der Waals surface area contributed by atoms with E-state index in [0.29, 0.717) is 17.7 Å². The lowest BCUT2D eigenvalue weighted by molar-refractivity contribution is -0.118. The first-order valence-electron chi connectivity index (χ1n) is 9.10. The summed E-state index contributed by atoms with van der Waals surface area (Å²) in [5.41, 5.74) is 4.69. The van der Waals surface area contributed by atoms with Crippen LogP contribution in [0.2, 0.25) is 0 Å². The third-order valence-electron chi connectivity index (χ3n) is 4.36. The highest BCUT2D eigenvalue weighted by atomic mass is 32.2. The summed E-state index contributed by atoms with van der Waals surface area (Å²) in [4.78, 5) is 12.0. The first kappa shape index (κ1) is 18.7. The van der Waals surface area contributed by atoms with Crippen molar-refractivity contribution in [3.05, 3.63) is 41.0 Å². The van der Waals surface area contributed by atoms with Crippen LogP contribution in [0.25, 0.3) is 11.5 Å². The quantitative estimate of drug-likeness (QED) is 0.575. The van der Waals surface area contributed by atoms with E-state index in [-0.39, 0.29) is 11.7 Å². The zero-order valence-corrected chi connectivity index (χ0v) is 16.2. The maximum atomic E-state index is 12.0. The van der Waals surface area contributed by atoms with Crippen LogP contribution < -0.4 is 5.32 Å². The number of aromatic nitrogens is 2. The monoisotopic (exact) mass is 371 g/mol. The lowest BCUT2D eigenvalue weighted by Gasteiger charge is -2.12. The molecule has 6 heteroatoms. The third kappa shape index (κ3) is 5.46. The molecular weight excluding hydrogens is 346 g/mol. The second-order valence-electron chi connectivity index (χ2n) is 6.75. The smallest absolute Gasteiger partial charge is 0.277 e. The number of allylic oxidation sites excluding steroid dienone is 1. The molecule has 138 valence electrons. The van der Waals surface area contributed by atoms with E-state index in [1.54, 1.807) is 0 Å². The number of nitrogens with zero attached hydrogens (tertiary/aromatic N) is 2. The highest BCUT2D eigenvalue weighted by Crippen LogP contribution is 2.25. The first-order chi connectivity index (χ1) is 12.6. The van der Waals surface area contributed by atoms with Crippen LogP contribution >= 0.6 is 11.8 Å². The minimum Gasteiger partial charge on any atom is -0.411 e. The fourth-order valence-electron chi connectivity index (χ4n) is 3.16. The number of hydrogen-bond acceptors (Lipinski definition) is 5. The molecule has 0 spiro atoms. The predicted molar refractivity (Wildman–Crippen MR) is 104 cm³/mol. The molecule has 0 radical (unpaired) electrons. The highest BCUT2D eigenvalue weighted by molar-refractivity contribution is 7.99. The first-order valence-corrected chi connectivity index (χ1v) is 10.1. The number of carbonyl (C=O) groups excluding carboxylic acids is 1. The Bertz CT molecular complexity index is 778. The summed E-state index contributed by atoms with van der Waals surface area (Å²) in [6.45, 7) is 4.77. The van der Waals surface area contributed by atoms with Gasteiger partial charge in [0, 0.05) is 12.1 Å². The standard InChI is InChI=1S/C20H25N3O2S/c1-14-10-15(2)12-17(11-14)19-22-23-20(25-19)26-13-18(24)21-9-8-16-6-4-3-5-7-16/h6,10-12H,3-5,7-9,13H2,1-2H3,(H,21,24). The van der Waals surface area contributed by atoms with Gasteiger partial charge in [0.1, 0.15) is 0 Å². The molecule has 1 heterocycles. The minimum atomic E-state index is -0.00226. The SMILES string of the molecule is Cc1cc(C)cc(-c2nnc(SCC(=O)NCCC3=CCCCC3)o2)c1. The van der Waals surface area contributed by atoms with Crippen molar-refractivity contribution in [3.8, 4) is 11.5 Å². The van der Waals surface area contributed by atoms with E-state index in [2.05, 4.69) is 27.7 Å². The van der Waals surface area contributed by atoms with E-state index >= 15 is 0 Å². The molecule has 5 nitrogen and oxygen atoms in total. The average Bonchev–Trinajstić information content (AvgIpc) is 3.09. The third-order valence-corrected chi connectivity index (χ3v) is 5.17. The molecule has 2 aromatic rings. The van der Waals surface area contributed by atoms with E-state index < -0.39 is 0 Å². The maximum absolute atomic E-state index is 12.0. The molecule has 1 aromatic carbocycles. The van der Waals surface area contributed by atoms with Crippen LogP contribution in [0.4, 0.5) is 0 Å². The number of hydrogen-bond donors (Lipinski definition) is 1. The Kier molecular flexibility index (Phi) is 6.50. The van der Waals surface area contributed by atoms with Crippen molar-refractivity contribution in [1.82, 2.24) is 15.5 Å². The number of carbonyl (C=O) groups is 1. The molecule has 0 bridgehead atoms. The summed E-state index contributed by atoms with van der Waals surface area (Å²) in [7, 11) is 0. The topological polar surface area (TPSA) is 68.0 Å². The van der Waals surface area contributed by atoms with Crippen molar-refractivity contribution in [3.63, 3.8) is 0 Å². The Labute approximate surface area is 158 Å². The molecular formula is C20H25N3O2S. The number of rotatable bonds is 7. The van der Waals surface area contributed by atoms with Gasteiger partial charge >= 0.3 is 0 Å².